The summed E-state index contributed by atoms with van der Waals surface area (Å²) < 4.78 is 0. The van der Waals surface area contributed by atoms with Crippen molar-refractivity contribution in [1.82, 2.24) is 15.3 Å². The Bertz CT molecular complexity index is 955. The predicted molar refractivity (Wildman–Crippen MR) is 95.1 cm³/mol. The molecule has 25 heavy (non-hydrogen) atoms. The molecule has 0 bridgehead atoms. The Morgan fingerprint density at radius 3 is 2.72 bits per heavy atom. The molecule has 1 aromatic carbocycles. The van der Waals surface area contributed by atoms with Gasteiger partial charge in [0, 0.05) is 23.5 Å². The number of carboxylic acid groups (broad SMARTS) is 1. The highest BCUT2D eigenvalue weighted by molar-refractivity contribution is 6.34. The lowest BCUT2D eigenvalue weighted by molar-refractivity contribution is -0.139. The third-order valence-electron chi connectivity index (χ3n) is 3.73. The van der Waals surface area contributed by atoms with Crippen molar-refractivity contribution in [3.63, 3.8) is 0 Å². The Hall–Kier alpha value is -2.57. The van der Waals surface area contributed by atoms with Gasteiger partial charge in [0.2, 0.25) is 0 Å². The van der Waals surface area contributed by atoms with Gasteiger partial charge in [0.15, 0.2) is 0 Å². The standard InChI is InChI=1S/C17H13Cl2N3O3/c18-11-5-6-14(19)22-15(11)16(23)21-13(17(24)25)7-9-8-20-12-4-2-1-3-10(9)12/h1-6,8,13,20H,7H2,(H,21,23)(H,24,25)/t13-/m0/s1. The summed E-state index contributed by atoms with van der Waals surface area (Å²) in [7, 11) is 0. The van der Waals surface area contributed by atoms with Gasteiger partial charge in [-0.2, -0.15) is 0 Å². The molecule has 8 heteroatoms. The minimum absolute atomic E-state index is 0.0954. The van der Waals surface area contributed by atoms with E-state index in [-0.39, 0.29) is 22.3 Å². The van der Waals surface area contributed by atoms with Crippen LogP contribution in [-0.4, -0.2) is 33.0 Å². The van der Waals surface area contributed by atoms with Crippen LogP contribution in [0.15, 0.2) is 42.6 Å². The summed E-state index contributed by atoms with van der Waals surface area (Å²) in [5, 5.41) is 13.0. The van der Waals surface area contributed by atoms with E-state index in [0.717, 1.165) is 16.5 Å². The third-order valence-corrected chi connectivity index (χ3v) is 4.24. The molecule has 2 aromatic heterocycles. The number of nitrogens with one attached hydrogen (secondary N) is 2. The molecule has 0 unspecified atom stereocenters. The number of hydrogen-bond acceptors (Lipinski definition) is 3. The van der Waals surface area contributed by atoms with Gasteiger partial charge in [0.05, 0.1) is 5.02 Å². The number of carboxylic acids is 1. The maximum absolute atomic E-state index is 12.3. The minimum Gasteiger partial charge on any atom is -0.480 e. The summed E-state index contributed by atoms with van der Waals surface area (Å²) in [4.78, 5) is 30.8. The van der Waals surface area contributed by atoms with Crippen molar-refractivity contribution in [2.75, 3.05) is 0 Å². The zero-order chi connectivity index (χ0) is 18.0. The fourth-order valence-corrected chi connectivity index (χ4v) is 2.86. The molecular formula is C17H13Cl2N3O3. The van der Waals surface area contributed by atoms with Gasteiger partial charge in [0.25, 0.3) is 5.91 Å². The maximum atomic E-state index is 12.3. The van der Waals surface area contributed by atoms with E-state index in [2.05, 4.69) is 15.3 Å². The topological polar surface area (TPSA) is 95.1 Å². The molecule has 0 aliphatic heterocycles. The smallest absolute Gasteiger partial charge is 0.326 e. The second kappa shape index (κ2) is 7.13. The van der Waals surface area contributed by atoms with Crippen LogP contribution in [-0.2, 0) is 11.2 Å². The molecule has 3 N–H and O–H groups in total. The number of aliphatic carboxylic acids is 1. The van der Waals surface area contributed by atoms with Crippen LogP contribution in [0.2, 0.25) is 10.2 Å². The number of fused-ring (bicyclic) bond motifs is 1. The number of rotatable bonds is 5. The van der Waals surface area contributed by atoms with Gasteiger partial charge in [0.1, 0.15) is 16.9 Å². The highest BCUT2D eigenvalue weighted by Gasteiger charge is 2.24. The predicted octanol–water partition coefficient (Wildman–Crippen LogP) is 3.30. The van der Waals surface area contributed by atoms with E-state index in [1.807, 2.05) is 24.3 Å². The summed E-state index contributed by atoms with van der Waals surface area (Å²) >= 11 is 11.7. The van der Waals surface area contributed by atoms with E-state index in [1.54, 1.807) is 6.20 Å². The summed E-state index contributed by atoms with van der Waals surface area (Å²) in [5.74, 6) is -1.85. The van der Waals surface area contributed by atoms with E-state index in [1.165, 1.54) is 12.1 Å². The van der Waals surface area contributed by atoms with Crippen LogP contribution in [0.25, 0.3) is 10.9 Å². The zero-order valence-electron chi connectivity index (χ0n) is 12.8. The first kappa shape index (κ1) is 17.3. The number of aromatic nitrogens is 2. The fourth-order valence-electron chi connectivity index (χ4n) is 2.52. The van der Waals surface area contributed by atoms with E-state index < -0.39 is 17.9 Å². The SMILES string of the molecule is O=C(N[C@@H](Cc1c[nH]c2ccccc12)C(=O)O)c1nc(Cl)ccc1Cl. The molecule has 128 valence electrons. The first-order valence-electron chi connectivity index (χ1n) is 7.36. The first-order chi connectivity index (χ1) is 12.0. The van der Waals surface area contributed by atoms with E-state index in [4.69, 9.17) is 23.2 Å². The third kappa shape index (κ3) is 3.75. The van der Waals surface area contributed by atoms with E-state index in [9.17, 15) is 14.7 Å². The number of benzene rings is 1. The number of aromatic amines is 1. The molecule has 0 saturated heterocycles. The van der Waals surface area contributed by atoms with Gasteiger partial charge in [-0.15, -0.1) is 0 Å². The summed E-state index contributed by atoms with van der Waals surface area (Å²) in [6.45, 7) is 0. The Morgan fingerprint density at radius 1 is 1.20 bits per heavy atom. The van der Waals surface area contributed by atoms with Crippen molar-refractivity contribution >= 4 is 46.0 Å². The van der Waals surface area contributed by atoms with Crippen molar-refractivity contribution in [1.29, 1.82) is 0 Å². The van der Waals surface area contributed by atoms with Crippen molar-refractivity contribution in [2.45, 2.75) is 12.5 Å². The van der Waals surface area contributed by atoms with Gasteiger partial charge in [-0.25, -0.2) is 9.78 Å². The number of amides is 1. The molecule has 0 saturated carbocycles. The van der Waals surface area contributed by atoms with Gasteiger partial charge < -0.3 is 15.4 Å². The molecule has 0 aliphatic rings. The number of carbonyl (C=O) groups is 2. The van der Waals surface area contributed by atoms with Crippen LogP contribution in [0.5, 0.6) is 0 Å². The monoisotopic (exact) mass is 377 g/mol. The Labute approximate surface area is 152 Å². The van der Waals surface area contributed by atoms with Gasteiger partial charge >= 0.3 is 5.97 Å². The summed E-state index contributed by atoms with van der Waals surface area (Å²) in [5.41, 5.74) is 1.57. The van der Waals surface area contributed by atoms with Gasteiger partial charge in [-0.3, -0.25) is 4.79 Å². The highest BCUT2D eigenvalue weighted by atomic mass is 35.5. The van der Waals surface area contributed by atoms with Gasteiger partial charge in [-0.1, -0.05) is 41.4 Å². The Kier molecular flexibility index (Phi) is 4.92. The number of hydrogen-bond donors (Lipinski definition) is 3. The van der Waals surface area contributed by atoms with Crippen LogP contribution in [0.4, 0.5) is 0 Å². The quantitative estimate of drug-likeness (QED) is 0.594. The normalized spacial score (nSPS) is 12.1. The minimum atomic E-state index is -1.16. The van der Waals surface area contributed by atoms with Crippen molar-refractivity contribution < 1.29 is 14.7 Å². The van der Waals surface area contributed by atoms with Gasteiger partial charge in [-0.05, 0) is 23.8 Å². The van der Waals surface area contributed by atoms with Crippen molar-refractivity contribution in [2.24, 2.45) is 0 Å². The van der Waals surface area contributed by atoms with Crippen LogP contribution in [0.3, 0.4) is 0 Å². The van der Waals surface area contributed by atoms with Crippen LogP contribution in [0.1, 0.15) is 16.1 Å². The molecule has 2 heterocycles. The molecule has 6 nitrogen and oxygen atoms in total. The van der Waals surface area contributed by atoms with Crippen molar-refractivity contribution in [3.8, 4) is 0 Å². The molecule has 0 fully saturated rings. The summed E-state index contributed by atoms with van der Waals surface area (Å²) in [6, 6.07) is 9.27. The second-order valence-corrected chi connectivity index (χ2v) is 6.19. The molecule has 0 spiro atoms. The number of para-hydroxylation sites is 1. The lowest BCUT2D eigenvalue weighted by Crippen LogP contribution is -2.42. The number of H-pyrrole nitrogens is 1. The lowest BCUT2D eigenvalue weighted by Gasteiger charge is -2.14. The molecule has 3 rings (SSSR count). The average Bonchev–Trinajstić information content (AvgIpc) is 2.99. The molecule has 0 aliphatic carbocycles. The van der Waals surface area contributed by atoms with Crippen LogP contribution >= 0.6 is 23.2 Å². The number of nitrogens with zero attached hydrogens (tertiary/aromatic N) is 1. The molecule has 0 radical (unpaired) electrons. The number of pyridine rings is 1. The maximum Gasteiger partial charge on any atom is 0.326 e. The first-order valence-corrected chi connectivity index (χ1v) is 8.12. The van der Waals surface area contributed by atoms with Crippen LogP contribution in [0, 0.1) is 0 Å². The number of carbonyl (C=O) groups excluding carboxylic acids is 1. The lowest BCUT2D eigenvalue weighted by atomic mass is 10.0. The van der Waals surface area contributed by atoms with E-state index in [0.29, 0.717) is 0 Å². The highest BCUT2D eigenvalue weighted by Crippen LogP contribution is 2.20. The average molecular weight is 378 g/mol. The Balaban J connectivity index is 1.83. The summed E-state index contributed by atoms with van der Waals surface area (Å²) in [6.07, 6.45) is 1.85. The molecule has 1 atom stereocenters. The largest absolute Gasteiger partial charge is 0.480 e. The molecule has 1 amide bonds. The van der Waals surface area contributed by atoms with Crippen LogP contribution < -0.4 is 5.32 Å². The second-order valence-electron chi connectivity index (χ2n) is 5.39. The molecular weight excluding hydrogens is 365 g/mol. The van der Waals surface area contributed by atoms with E-state index >= 15 is 0 Å². The zero-order valence-corrected chi connectivity index (χ0v) is 14.3. The molecule has 3 aromatic rings. The Morgan fingerprint density at radius 2 is 1.96 bits per heavy atom. The van der Waals surface area contributed by atoms with Crippen molar-refractivity contribution in [3.05, 3.63) is 64.0 Å². The number of halogens is 2. The fraction of sp³-hybridized carbons (Fsp3) is 0.118.